The number of nitrogens with one attached hydrogen (secondary N) is 1. The first-order valence-corrected chi connectivity index (χ1v) is 5.73. The standard InChI is InChI=1S/C8H16B3N3O4/c1-4(2)17-5(15)3-14(8(9,10)11)6-12-7(16)18-13-6/h4H,3,9-11H2,1-2H3,(H,12,13,16). The second-order valence-corrected chi connectivity index (χ2v) is 5.20. The van der Waals surface area contributed by atoms with E-state index >= 15 is 0 Å². The number of hydrogen-bond donors (Lipinski definition) is 1. The summed E-state index contributed by atoms with van der Waals surface area (Å²) in [4.78, 5) is 27.9. The normalized spacial score (nSPS) is 11.5. The highest BCUT2D eigenvalue weighted by molar-refractivity contribution is 6.60. The molecule has 0 saturated carbocycles. The van der Waals surface area contributed by atoms with Crippen molar-refractivity contribution in [2.75, 3.05) is 11.4 Å². The first-order valence-electron chi connectivity index (χ1n) is 5.73. The second-order valence-electron chi connectivity index (χ2n) is 5.20. The number of rotatable bonds is 5. The molecule has 0 spiro atoms. The second kappa shape index (κ2) is 5.37. The summed E-state index contributed by atoms with van der Waals surface area (Å²) in [5.74, 6) is -0.895. The minimum Gasteiger partial charge on any atom is -0.462 e. The topological polar surface area (TPSA) is 88.4 Å². The van der Waals surface area contributed by atoms with Gasteiger partial charge in [0.05, 0.1) is 6.10 Å². The molecule has 1 rings (SSSR count). The highest BCUT2D eigenvalue weighted by Gasteiger charge is 2.27. The van der Waals surface area contributed by atoms with Crippen LogP contribution in [-0.4, -0.2) is 57.5 Å². The minimum absolute atomic E-state index is 0.00977. The molecule has 96 valence electrons. The lowest BCUT2D eigenvalue weighted by Crippen LogP contribution is -2.54. The van der Waals surface area contributed by atoms with Gasteiger partial charge in [0, 0.05) is 0 Å². The molecule has 1 N–H and O–H groups in total. The predicted molar refractivity (Wildman–Crippen MR) is 74.1 cm³/mol. The molecule has 0 atom stereocenters. The van der Waals surface area contributed by atoms with Gasteiger partial charge in [-0.2, -0.15) is 5.16 Å². The van der Waals surface area contributed by atoms with Crippen LogP contribution in [0.3, 0.4) is 0 Å². The lowest BCUT2D eigenvalue weighted by molar-refractivity contribution is -0.145. The van der Waals surface area contributed by atoms with Gasteiger partial charge in [-0.1, -0.05) is 0 Å². The number of carbonyl (C=O) groups excluding carboxylic acids is 1. The van der Waals surface area contributed by atoms with Gasteiger partial charge in [-0.3, -0.25) is 4.79 Å². The molecule has 10 heteroatoms. The molecule has 18 heavy (non-hydrogen) atoms. The third-order valence-electron chi connectivity index (χ3n) is 2.15. The Labute approximate surface area is 107 Å². The van der Waals surface area contributed by atoms with E-state index < -0.39 is 11.0 Å². The average Bonchev–Trinajstić information content (AvgIpc) is 2.58. The van der Waals surface area contributed by atoms with E-state index in [1.165, 1.54) is 0 Å². The van der Waals surface area contributed by atoms with E-state index in [1.54, 1.807) is 18.7 Å². The fraction of sp³-hybridized carbons (Fsp3) is 0.625. The van der Waals surface area contributed by atoms with E-state index in [-0.39, 0.29) is 24.6 Å². The van der Waals surface area contributed by atoms with Gasteiger partial charge in [0.2, 0.25) is 5.95 Å². The zero-order valence-corrected chi connectivity index (χ0v) is 11.3. The number of ether oxygens (including phenoxy) is 1. The van der Waals surface area contributed by atoms with Gasteiger partial charge in [-0.15, -0.1) is 4.98 Å². The first kappa shape index (κ1) is 14.5. The van der Waals surface area contributed by atoms with E-state index in [9.17, 15) is 9.59 Å². The van der Waals surface area contributed by atoms with Crippen molar-refractivity contribution in [3.63, 3.8) is 0 Å². The monoisotopic (exact) mass is 251 g/mol. The Morgan fingerprint density at radius 1 is 1.56 bits per heavy atom. The van der Waals surface area contributed by atoms with Crippen molar-refractivity contribution in [3.05, 3.63) is 10.6 Å². The maximum absolute atomic E-state index is 11.7. The van der Waals surface area contributed by atoms with E-state index in [4.69, 9.17) is 4.74 Å². The Morgan fingerprint density at radius 3 is 2.56 bits per heavy atom. The Bertz CT molecular complexity index is 465. The molecule has 0 aliphatic rings. The van der Waals surface area contributed by atoms with Gasteiger partial charge in [0.1, 0.15) is 30.1 Å². The molecule has 0 aliphatic carbocycles. The number of anilines is 1. The molecule has 0 fully saturated rings. The summed E-state index contributed by atoms with van der Waals surface area (Å²) in [5.41, 5.74) is 0. The molecule has 1 heterocycles. The fourth-order valence-corrected chi connectivity index (χ4v) is 1.40. The van der Waals surface area contributed by atoms with Crippen LogP contribution in [0.5, 0.6) is 0 Å². The maximum atomic E-state index is 11.7. The van der Waals surface area contributed by atoms with Crippen molar-refractivity contribution in [1.29, 1.82) is 0 Å². The first-order chi connectivity index (χ1) is 8.20. The van der Waals surface area contributed by atoms with Crippen LogP contribution in [0.4, 0.5) is 5.95 Å². The lowest BCUT2D eigenvalue weighted by Gasteiger charge is -2.34. The highest BCUT2D eigenvalue weighted by atomic mass is 16.5. The molecule has 1 aromatic rings. The fourth-order valence-electron chi connectivity index (χ4n) is 1.40. The molecular weight excluding hydrogens is 235 g/mol. The lowest BCUT2D eigenvalue weighted by atomic mass is 9.48. The Balaban J connectivity index is 2.87. The van der Waals surface area contributed by atoms with Gasteiger partial charge in [0.25, 0.3) is 0 Å². The molecule has 0 aliphatic heterocycles. The predicted octanol–water partition coefficient (Wildman–Crippen LogP) is -3.37. The number of aromatic amines is 1. The zero-order valence-electron chi connectivity index (χ0n) is 11.3. The SMILES string of the molecule is BC(B)(B)N(CC(=O)OC(C)C)c1nc(=O)o[nH]1. The van der Waals surface area contributed by atoms with Crippen LogP contribution in [0.25, 0.3) is 0 Å². The molecule has 0 amide bonds. The summed E-state index contributed by atoms with van der Waals surface area (Å²) >= 11 is 0. The van der Waals surface area contributed by atoms with Crippen molar-refractivity contribution < 1.29 is 14.1 Å². The Kier molecular flexibility index (Phi) is 4.31. The number of aromatic nitrogens is 2. The van der Waals surface area contributed by atoms with E-state index in [1.807, 2.05) is 23.5 Å². The van der Waals surface area contributed by atoms with Crippen molar-refractivity contribution >= 4 is 35.5 Å². The molecule has 0 unspecified atom stereocenters. The quantitative estimate of drug-likeness (QED) is 0.434. The summed E-state index contributed by atoms with van der Waals surface area (Å²) in [6.45, 7) is 3.54. The van der Waals surface area contributed by atoms with Crippen LogP contribution >= 0.6 is 0 Å². The van der Waals surface area contributed by atoms with Gasteiger partial charge in [0.15, 0.2) is 0 Å². The summed E-state index contributed by atoms with van der Waals surface area (Å²) < 4.78 is 9.59. The molecule has 0 bridgehead atoms. The van der Waals surface area contributed by atoms with Crippen molar-refractivity contribution in [2.24, 2.45) is 0 Å². The van der Waals surface area contributed by atoms with E-state index in [0.29, 0.717) is 0 Å². The Hall–Kier alpha value is -1.60. The van der Waals surface area contributed by atoms with Crippen LogP contribution in [0, 0.1) is 0 Å². The van der Waals surface area contributed by atoms with Crippen LogP contribution in [0.2, 0.25) is 0 Å². The number of carbonyl (C=O) groups is 1. The third-order valence-corrected chi connectivity index (χ3v) is 2.15. The van der Waals surface area contributed by atoms with Crippen molar-refractivity contribution in [2.45, 2.75) is 25.2 Å². The third kappa shape index (κ3) is 4.01. The average molecular weight is 251 g/mol. The molecule has 1 aromatic heterocycles. The smallest absolute Gasteiger partial charge is 0.461 e. The molecule has 0 aromatic carbocycles. The van der Waals surface area contributed by atoms with Crippen LogP contribution in [0.1, 0.15) is 13.8 Å². The summed E-state index contributed by atoms with van der Waals surface area (Å²) in [6.07, 6.45) is -0.185. The van der Waals surface area contributed by atoms with Crippen molar-refractivity contribution in [1.82, 2.24) is 10.1 Å². The number of esters is 1. The molecular formula is C8H16B3N3O4. The number of nitrogens with zero attached hydrogens (tertiary/aromatic N) is 2. The number of hydrogen-bond acceptors (Lipinski definition) is 6. The molecule has 0 radical (unpaired) electrons. The highest BCUT2D eigenvalue weighted by Crippen LogP contribution is 2.12. The van der Waals surface area contributed by atoms with Gasteiger partial charge >= 0.3 is 11.7 Å². The van der Waals surface area contributed by atoms with Gasteiger partial charge in [-0.05, 0) is 19.1 Å². The van der Waals surface area contributed by atoms with Crippen LogP contribution in [0.15, 0.2) is 9.32 Å². The van der Waals surface area contributed by atoms with Crippen LogP contribution in [-0.2, 0) is 9.53 Å². The molecule has 7 nitrogen and oxygen atoms in total. The van der Waals surface area contributed by atoms with Gasteiger partial charge in [-0.25, -0.2) is 4.79 Å². The zero-order chi connectivity index (χ0) is 13.9. The largest absolute Gasteiger partial charge is 0.462 e. The van der Waals surface area contributed by atoms with Crippen LogP contribution < -0.4 is 10.7 Å². The maximum Gasteiger partial charge on any atom is 0.461 e. The summed E-state index contributed by atoms with van der Waals surface area (Å²) in [6, 6.07) is 0. The van der Waals surface area contributed by atoms with E-state index in [0.717, 1.165) is 0 Å². The summed E-state index contributed by atoms with van der Waals surface area (Å²) in [7, 11) is 5.67. The Morgan fingerprint density at radius 2 is 2.17 bits per heavy atom. The van der Waals surface area contributed by atoms with Crippen molar-refractivity contribution in [3.8, 4) is 0 Å². The van der Waals surface area contributed by atoms with E-state index in [2.05, 4.69) is 14.7 Å². The summed E-state index contributed by atoms with van der Waals surface area (Å²) in [5, 5.41) is 1.98. The van der Waals surface area contributed by atoms with Gasteiger partial charge < -0.3 is 14.2 Å². The minimum atomic E-state index is -0.725. The molecule has 0 saturated heterocycles. The number of H-pyrrole nitrogens is 1.